The van der Waals surface area contributed by atoms with Gasteiger partial charge in [0.25, 0.3) is 0 Å². The Morgan fingerprint density at radius 3 is 1.95 bits per heavy atom. The first kappa shape index (κ1) is 17.5. The summed E-state index contributed by atoms with van der Waals surface area (Å²) < 4.78 is 5.21. The van der Waals surface area contributed by atoms with Crippen molar-refractivity contribution in [1.29, 1.82) is 0 Å². The fourth-order valence-corrected chi connectivity index (χ4v) is 1.67. The molecule has 0 heterocycles. The van der Waals surface area contributed by atoms with Gasteiger partial charge in [0.1, 0.15) is 11.6 Å². The van der Waals surface area contributed by atoms with E-state index in [1.807, 2.05) is 0 Å². The Hall–Kier alpha value is -2.57. The van der Waals surface area contributed by atoms with Gasteiger partial charge in [-0.25, -0.2) is 14.4 Å². The van der Waals surface area contributed by atoms with Crippen molar-refractivity contribution in [2.45, 2.75) is 39.3 Å². The lowest BCUT2D eigenvalue weighted by Crippen LogP contribution is -2.46. The summed E-state index contributed by atoms with van der Waals surface area (Å²) in [6.45, 7) is 6.35. The molecule has 0 spiro atoms. The van der Waals surface area contributed by atoms with Crippen LogP contribution in [0.15, 0.2) is 24.3 Å². The van der Waals surface area contributed by atoms with Crippen LogP contribution in [-0.2, 0) is 9.53 Å². The van der Waals surface area contributed by atoms with E-state index >= 15 is 0 Å². The molecule has 0 aliphatic heterocycles. The lowest BCUT2D eigenvalue weighted by atomic mass is 10.1. The van der Waals surface area contributed by atoms with Gasteiger partial charge < -0.3 is 14.9 Å². The number of amides is 1. The molecule has 1 amide bonds. The lowest BCUT2D eigenvalue weighted by molar-refractivity contribution is -0.138. The average Bonchev–Trinajstić information content (AvgIpc) is 2.37. The fourth-order valence-electron chi connectivity index (χ4n) is 1.67. The Balaban J connectivity index is 3.17. The highest BCUT2D eigenvalue weighted by Crippen LogP contribution is 2.22. The molecule has 0 unspecified atom stereocenters. The molecule has 0 aliphatic rings. The van der Waals surface area contributed by atoms with Crippen molar-refractivity contribution in [1.82, 2.24) is 0 Å². The number of ether oxygens (including phenoxy) is 1. The maximum absolute atomic E-state index is 12.2. The summed E-state index contributed by atoms with van der Waals surface area (Å²) in [5, 5.41) is 18.0. The Morgan fingerprint density at radius 2 is 1.59 bits per heavy atom. The van der Waals surface area contributed by atoms with E-state index in [1.54, 1.807) is 20.8 Å². The predicted molar refractivity (Wildman–Crippen MR) is 79.2 cm³/mol. The zero-order valence-corrected chi connectivity index (χ0v) is 12.9. The number of aromatic carboxylic acids is 1. The number of aliphatic carboxylic acids is 1. The Bertz CT molecular complexity index is 573. The first-order chi connectivity index (χ1) is 10.0. The number of benzene rings is 1. The monoisotopic (exact) mass is 309 g/mol. The molecule has 1 atom stereocenters. The van der Waals surface area contributed by atoms with Gasteiger partial charge in [-0.15, -0.1) is 0 Å². The molecule has 0 saturated heterocycles. The zero-order valence-electron chi connectivity index (χ0n) is 12.9. The molecule has 2 N–H and O–H groups in total. The number of anilines is 1. The van der Waals surface area contributed by atoms with Crippen molar-refractivity contribution in [3.8, 4) is 0 Å². The van der Waals surface area contributed by atoms with Crippen LogP contribution in [0.1, 0.15) is 38.1 Å². The van der Waals surface area contributed by atoms with Crippen molar-refractivity contribution in [2.75, 3.05) is 4.90 Å². The van der Waals surface area contributed by atoms with Gasteiger partial charge in [-0.05, 0) is 52.0 Å². The molecule has 1 aromatic carbocycles. The molecule has 0 radical (unpaired) electrons. The van der Waals surface area contributed by atoms with Crippen molar-refractivity contribution < 1.29 is 29.3 Å². The molecule has 120 valence electrons. The van der Waals surface area contributed by atoms with E-state index in [4.69, 9.17) is 14.9 Å². The number of hydrogen-bond acceptors (Lipinski definition) is 4. The molecule has 0 fully saturated rings. The van der Waals surface area contributed by atoms with E-state index in [9.17, 15) is 14.4 Å². The number of carboxylic acids is 2. The molecule has 7 nitrogen and oxygen atoms in total. The first-order valence-electron chi connectivity index (χ1n) is 6.61. The van der Waals surface area contributed by atoms with Crippen LogP contribution in [0.4, 0.5) is 10.5 Å². The summed E-state index contributed by atoms with van der Waals surface area (Å²) in [5.74, 6) is -2.31. The maximum atomic E-state index is 12.2. The van der Waals surface area contributed by atoms with Gasteiger partial charge >= 0.3 is 18.0 Å². The summed E-state index contributed by atoms with van der Waals surface area (Å²) in [5.41, 5.74) is -0.501. The van der Waals surface area contributed by atoms with Crippen LogP contribution in [-0.4, -0.2) is 39.9 Å². The third-order valence-corrected chi connectivity index (χ3v) is 2.73. The normalized spacial score (nSPS) is 12.4. The van der Waals surface area contributed by atoms with Gasteiger partial charge in [0.2, 0.25) is 0 Å². The van der Waals surface area contributed by atoms with Crippen molar-refractivity contribution >= 4 is 23.7 Å². The quantitative estimate of drug-likeness (QED) is 0.886. The largest absolute Gasteiger partial charge is 0.480 e. The van der Waals surface area contributed by atoms with Gasteiger partial charge in [-0.2, -0.15) is 0 Å². The maximum Gasteiger partial charge on any atom is 0.415 e. The zero-order chi connectivity index (χ0) is 17.1. The van der Waals surface area contributed by atoms with Gasteiger partial charge in [-0.1, -0.05) is 0 Å². The molecule has 1 rings (SSSR count). The van der Waals surface area contributed by atoms with Crippen LogP contribution >= 0.6 is 0 Å². The second-order valence-corrected chi connectivity index (χ2v) is 5.72. The summed E-state index contributed by atoms with van der Waals surface area (Å²) in [4.78, 5) is 35.3. The number of hydrogen-bond donors (Lipinski definition) is 2. The highest BCUT2D eigenvalue weighted by Gasteiger charge is 2.31. The number of nitrogens with zero attached hydrogens (tertiary/aromatic N) is 1. The minimum atomic E-state index is -1.20. The SMILES string of the molecule is C[C@@H](C(=O)O)N(C(=O)OC(C)(C)C)c1ccc(C(=O)O)cc1. The third kappa shape index (κ3) is 4.47. The molecule has 7 heteroatoms. The fraction of sp³-hybridized carbons (Fsp3) is 0.400. The third-order valence-electron chi connectivity index (χ3n) is 2.73. The number of carboxylic acid groups (broad SMARTS) is 2. The summed E-state index contributed by atoms with van der Waals surface area (Å²) in [6, 6.07) is 4.16. The van der Waals surface area contributed by atoms with Crippen molar-refractivity contribution in [2.24, 2.45) is 0 Å². The van der Waals surface area contributed by atoms with Gasteiger partial charge in [-0.3, -0.25) is 4.90 Å². The van der Waals surface area contributed by atoms with Crippen molar-refractivity contribution in [3.05, 3.63) is 29.8 Å². The van der Waals surface area contributed by atoms with E-state index in [-0.39, 0.29) is 11.3 Å². The minimum absolute atomic E-state index is 0.0378. The van der Waals surface area contributed by atoms with Gasteiger partial charge in [0, 0.05) is 5.69 Å². The van der Waals surface area contributed by atoms with Crippen LogP contribution in [0.2, 0.25) is 0 Å². The second-order valence-electron chi connectivity index (χ2n) is 5.72. The lowest BCUT2D eigenvalue weighted by Gasteiger charge is -2.29. The molecule has 1 aromatic rings. The summed E-state index contributed by atoms with van der Waals surface area (Å²) >= 11 is 0. The Kier molecular flexibility index (Phi) is 5.14. The van der Waals surface area contributed by atoms with Crippen molar-refractivity contribution in [3.63, 3.8) is 0 Å². The second kappa shape index (κ2) is 6.46. The predicted octanol–water partition coefficient (Wildman–Crippen LogP) is 2.60. The minimum Gasteiger partial charge on any atom is -0.480 e. The summed E-state index contributed by atoms with van der Waals surface area (Å²) in [7, 11) is 0. The molecule has 0 aliphatic carbocycles. The van der Waals surface area contributed by atoms with E-state index in [2.05, 4.69) is 0 Å². The van der Waals surface area contributed by atoms with E-state index in [0.717, 1.165) is 4.90 Å². The van der Waals surface area contributed by atoms with Gasteiger partial charge in [0.15, 0.2) is 0 Å². The Labute approximate surface area is 128 Å². The molecule has 0 aromatic heterocycles. The molecule has 0 bridgehead atoms. The van der Waals surface area contributed by atoms with E-state index in [1.165, 1.54) is 31.2 Å². The molecule has 0 saturated carbocycles. The topological polar surface area (TPSA) is 104 Å². The molecule has 22 heavy (non-hydrogen) atoms. The standard InChI is InChI=1S/C15H19NO6/c1-9(12(17)18)16(14(21)22-15(2,3)4)11-7-5-10(6-8-11)13(19)20/h5-9H,1-4H3,(H,17,18)(H,19,20)/t9-/m0/s1. The molecular weight excluding hydrogens is 290 g/mol. The number of carbonyl (C=O) groups excluding carboxylic acids is 1. The number of rotatable bonds is 4. The smallest absolute Gasteiger partial charge is 0.415 e. The number of carbonyl (C=O) groups is 3. The average molecular weight is 309 g/mol. The molecular formula is C15H19NO6. The highest BCUT2D eigenvalue weighted by molar-refractivity contribution is 5.96. The van der Waals surface area contributed by atoms with Crippen LogP contribution in [0.5, 0.6) is 0 Å². The Morgan fingerprint density at radius 1 is 1.09 bits per heavy atom. The van der Waals surface area contributed by atoms with Gasteiger partial charge in [0.05, 0.1) is 5.56 Å². The first-order valence-corrected chi connectivity index (χ1v) is 6.61. The van der Waals surface area contributed by atoms with E-state index < -0.39 is 29.7 Å². The summed E-state index contributed by atoms with van der Waals surface area (Å²) in [6.07, 6.45) is -0.814. The van der Waals surface area contributed by atoms with Crippen LogP contribution in [0, 0.1) is 0 Å². The van der Waals surface area contributed by atoms with Crippen LogP contribution in [0.25, 0.3) is 0 Å². The van der Waals surface area contributed by atoms with E-state index in [0.29, 0.717) is 0 Å². The van der Waals surface area contributed by atoms with Crippen LogP contribution in [0.3, 0.4) is 0 Å². The van der Waals surface area contributed by atoms with Crippen LogP contribution < -0.4 is 4.90 Å². The highest BCUT2D eigenvalue weighted by atomic mass is 16.6.